The maximum atomic E-state index is 5.26. The van der Waals surface area contributed by atoms with Crippen LogP contribution in [-0.2, 0) is 0 Å². The van der Waals surface area contributed by atoms with Crippen LogP contribution in [0.3, 0.4) is 0 Å². The van der Waals surface area contributed by atoms with E-state index in [2.05, 4.69) is 20.2 Å². The Morgan fingerprint density at radius 1 is 1.11 bits per heavy atom. The maximum Gasteiger partial charge on any atom is 0.244 e. The number of nitrogens with zero attached hydrogens (tertiary/aromatic N) is 4. The summed E-state index contributed by atoms with van der Waals surface area (Å²) in [6.07, 6.45) is 4.91. The number of hydrogen-bond acceptors (Lipinski definition) is 6. The number of pyridine rings is 1. The third-order valence-corrected chi connectivity index (χ3v) is 2.54. The first kappa shape index (κ1) is 11.3. The van der Waals surface area contributed by atoms with Crippen LogP contribution in [0.15, 0.2) is 47.3 Å². The molecule has 94 valence electrons. The largest absolute Gasteiger partial charge is 0.479 e. The van der Waals surface area contributed by atoms with Crippen molar-refractivity contribution in [3.8, 4) is 28.7 Å². The fourth-order valence-corrected chi connectivity index (χ4v) is 1.66. The van der Waals surface area contributed by atoms with Crippen molar-refractivity contribution in [3.63, 3.8) is 0 Å². The summed E-state index contributed by atoms with van der Waals surface area (Å²) in [6, 6.07) is 7.17. The lowest BCUT2D eigenvalue weighted by Gasteiger charge is -2.06. The summed E-state index contributed by atoms with van der Waals surface area (Å²) in [7, 11) is 1.54. The van der Waals surface area contributed by atoms with Gasteiger partial charge in [-0.25, -0.2) is 0 Å². The van der Waals surface area contributed by atoms with Crippen molar-refractivity contribution in [2.45, 2.75) is 0 Å². The van der Waals surface area contributed by atoms with Crippen LogP contribution in [0.1, 0.15) is 0 Å². The molecule has 3 aromatic rings. The van der Waals surface area contributed by atoms with Crippen molar-refractivity contribution in [1.29, 1.82) is 0 Å². The Bertz CT molecular complexity index is 668. The predicted molar refractivity (Wildman–Crippen MR) is 67.3 cm³/mol. The molecule has 3 aromatic heterocycles. The second kappa shape index (κ2) is 4.85. The fraction of sp³-hybridized carbons (Fsp3) is 0.0769. The Labute approximate surface area is 109 Å². The molecule has 19 heavy (non-hydrogen) atoms. The molecular formula is C13H10N4O2. The molecule has 0 unspecified atom stereocenters. The Morgan fingerprint density at radius 3 is 2.63 bits per heavy atom. The normalized spacial score (nSPS) is 10.4. The van der Waals surface area contributed by atoms with E-state index in [4.69, 9.17) is 9.15 Å². The lowest BCUT2D eigenvalue weighted by molar-refractivity contribution is 0.395. The van der Waals surface area contributed by atoms with Gasteiger partial charge in [0.25, 0.3) is 0 Å². The molecule has 0 bridgehead atoms. The van der Waals surface area contributed by atoms with E-state index in [1.807, 2.05) is 12.1 Å². The van der Waals surface area contributed by atoms with Crippen LogP contribution in [0.4, 0.5) is 0 Å². The van der Waals surface area contributed by atoms with E-state index < -0.39 is 0 Å². The van der Waals surface area contributed by atoms with Crippen LogP contribution >= 0.6 is 0 Å². The van der Waals surface area contributed by atoms with E-state index >= 15 is 0 Å². The molecule has 0 fully saturated rings. The third-order valence-electron chi connectivity index (χ3n) is 2.54. The monoisotopic (exact) mass is 254 g/mol. The first-order valence-corrected chi connectivity index (χ1v) is 5.61. The molecule has 0 atom stereocenters. The Morgan fingerprint density at radius 2 is 1.95 bits per heavy atom. The first-order chi connectivity index (χ1) is 9.38. The third kappa shape index (κ3) is 2.15. The second-order valence-electron chi connectivity index (χ2n) is 3.71. The number of aromatic nitrogens is 4. The number of rotatable bonds is 3. The summed E-state index contributed by atoms with van der Waals surface area (Å²) >= 11 is 0. The maximum absolute atomic E-state index is 5.26. The molecule has 3 rings (SSSR count). The average molecular weight is 254 g/mol. The van der Waals surface area contributed by atoms with E-state index in [-0.39, 0.29) is 0 Å². The zero-order valence-corrected chi connectivity index (χ0v) is 10.1. The SMILES string of the molecule is COc1nc(-c2ccco2)nnc1-c1ccncc1. The van der Waals surface area contributed by atoms with E-state index in [1.165, 1.54) is 0 Å². The van der Waals surface area contributed by atoms with Gasteiger partial charge in [0.15, 0.2) is 11.5 Å². The van der Waals surface area contributed by atoms with Crippen LogP contribution in [0.25, 0.3) is 22.8 Å². The van der Waals surface area contributed by atoms with Crippen LogP contribution in [0, 0.1) is 0 Å². The fourth-order valence-electron chi connectivity index (χ4n) is 1.66. The molecule has 6 heteroatoms. The van der Waals surface area contributed by atoms with Gasteiger partial charge >= 0.3 is 0 Å². The highest BCUT2D eigenvalue weighted by Crippen LogP contribution is 2.26. The molecule has 0 spiro atoms. The summed E-state index contributed by atoms with van der Waals surface area (Å²) in [5.41, 5.74) is 1.41. The molecule has 3 heterocycles. The quantitative estimate of drug-likeness (QED) is 0.713. The topological polar surface area (TPSA) is 73.9 Å². The van der Waals surface area contributed by atoms with Gasteiger partial charge in [0.2, 0.25) is 11.7 Å². The van der Waals surface area contributed by atoms with Crippen molar-refractivity contribution >= 4 is 0 Å². The minimum atomic E-state index is 0.389. The van der Waals surface area contributed by atoms with Gasteiger partial charge in [-0.2, -0.15) is 4.98 Å². The van der Waals surface area contributed by atoms with Crippen LogP contribution in [-0.4, -0.2) is 27.3 Å². The molecule has 0 saturated heterocycles. The van der Waals surface area contributed by atoms with E-state index in [1.54, 1.807) is 37.9 Å². The van der Waals surface area contributed by atoms with E-state index in [0.717, 1.165) is 5.56 Å². The number of hydrogen-bond donors (Lipinski definition) is 0. The molecule has 0 amide bonds. The Hall–Kier alpha value is -2.76. The highest BCUT2D eigenvalue weighted by molar-refractivity contribution is 5.64. The predicted octanol–water partition coefficient (Wildman–Crippen LogP) is 2.20. The summed E-state index contributed by atoms with van der Waals surface area (Å²) in [5.74, 6) is 1.33. The van der Waals surface area contributed by atoms with Gasteiger partial charge in [0, 0.05) is 18.0 Å². The van der Waals surface area contributed by atoms with Crippen molar-refractivity contribution < 1.29 is 9.15 Å². The first-order valence-electron chi connectivity index (χ1n) is 5.61. The molecule has 0 radical (unpaired) electrons. The molecule has 0 saturated carbocycles. The number of methoxy groups -OCH3 is 1. The smallest absolute Gasteiger partial charge is 0.244 e. The van der Waals surface area contributed by atoms with Crippen LogP contribution < -0.4 is 4.74 Å². The number of ether oxygens (including phenoxy) is 1. The van der Waals surface area contributed by atoms with Gasteiger partial charge in [0.1, 0.15) is 0 Å². The summed E-state index contributed by atoms with van der Waals surface area (Å²) in [6.45, 7) is 0. The molecule has 0 aromatic carbocycles. The van der Waals surface area contributed by atoms with Gasteiger partial charge in [-0.3, -0.25) is 4.98 Å². The molecule has 0 aliphatic carbocycles. The van der Waals surface area contributed by atoms with Gasteiger partial charge in [-0.05, 0) is 24.3 Å². The van der Waals surface area contributed by atoms with Gasteiger partial charge in [-0.1, -0.05) is 0 Å². The second-order valence-corrected chi connectivity index (χ2v) is 3.71. The minimum absolute atomic E-state index is 0.389. The standard InChI is InChI=1S/C13H10N4O2/c1-18-13-11(9-4-6-14-7-5-9)16-17-12(15-13)10-3-2-8-19-10/h2-8H,1H3. The summed E-state index contributed by atoms with van der Waals surface area (Å²) in [4.78, 5) is 8.26. The average Bonchev–Trinajstić information content (AvgIpc) is 3.02. The Kier molecular flexibility index (Phi) is 2.89. The lowest BCUT2D eigenvalue weighted by atomic mass is 10.2. The zero-order valence-electron chi connectivity index (χ0n) is 10.1. The van der Waals surface area contributed by atoms with Gasteiger partial charge in [0.05, 0.1) is 13.4 Å². The molecule has 0 N–H and O–H groups in total. The molecular weight excluding hydrogens is 244 g/mol. The van der Waals surface area contributed by atoms with E-state index in [9.17, 15) is 0 Å². The lowest BCUT2D eigenvalue weighted by Crippen LogP contribution is -2.00. The summed E-state index contributed by atoms with van der Waals surface area (Å²) in [5, 5.41) is 8.20. The van der Waals surface area contributed by atoms with Crippen molar-refractivity contribution in [1.82, 2.24) is 20.2 Å². The van der Waals surface area contributed by atoms with E-state index in [0.29, 0.717) is 23.2 Å². The van der Waals surface area contributed by atoms with Crippen molar-refractivity contribution in [2.75, 3.05) is 7.11 Å². The van der Waals surface area contributed by atoms with Crippen molar-refractivity contribution in [3.05, 3.63) is 42.9 Å². The highest BCUT2D eigenvalue weighted by Gasteiger charge is 2.14. The van der Waals surface area contributed by atoms with Gasteiger partial charge in [-0.15, -0.1) is 10.2 Å². The van der Waals surface area contributed by atoms with Crippen LogP contribution in [0.5, 0.6) is 5.88 Å². The van der Waals surface area contributed by atoms with Crippen molar-refractivity contribution in [2.24, 2.45) is 0 Å². The highest BCUT2D eigenvalue weighted by atomic mass is 16.5. The molecule has 6 nitrogen and oxygen atoms in total. The van der Waals surface area contributed by atoms with Crippen LogP contribution in [0.2, 0.25) is 0 Å². The number of furan rings is 1. The summed E-state index contributed by atoms with van der Waals surface area (Å²) < 4.78 is 10.5. The molecule has 0 aliphatic rings. The zero-order chi connectivity index (χ0) is 13.1. The van der Waals surface area contributed by atoms with Gasteiger partial charge < -0.3 is 9.15 Å². The minimum Gasteiger partial charge on any atom is -0.479 e. The molecule has 0 aliphatic heterocycles. The Balaban J connectivity index is 2.08.